The summed E-state index contributed by atoms with van der Waals surface area (Å²) >= 11 is 3.44. The highest BCUT2D eigenvalue weighted by Crippen LogP contribution is 2.32. The predicted molar refractivity (Wildman–Crippen MR) is 75.4 cm³/mol. The number of ether oxygens (including phenoxy) is 1. The summed E-state index contributed by atoms with van der Waals surface area (Å²) in [6, 6.07) is 8.15. The van der Waals surface area contributed by atoms with Crippen molar-refractivity contribution in [2.45, 2.75) is 45.6 Å². The Morgan fingerprint density at radius 2 is 1.65 bits per heavy atom. The molecule has 0 atom stereocenters. The van der Waals surface area contributed by atoms with Crippen LogP contribution in [0.2, 0.25) is 0 Å². The number of benzene rings is 1. The van der Waals surface area contributed by atoms with Crippen LogP contribution in [0.5, 0.6) is 5.75 Å². The molecule has 0 bridgehead atoms. The Morgan fingerprint density at radius 1 is 1.06 bits per heavy atom. The van der Waals surface area contributed by atoms with Crippen LogP contribution in [0.3, 0.4) is 0 Å². The Labute approximate surface area is 113 Å². The van der Waals surface area contributed by atoms with Gasteiger partial charge in [-0.2, -0.15) is 0 Å². The first-order chi connectivity index (χ1) is 8.15. The van der Waals surface area contributed by atoms with Gasteiger partial charge in [0.15, 0.2) is 0 Å². The van der Waals surface area contributed by atoms with Crippen LogP contribution >= 0.6 is 15.9 Å². The molecule has 0 amide bonds. The van der Waals surface area contributed by atoms with E-state index in [1.807, 2.05) is 24.3 Å². The molecule has 1 saturated carbocycles. The van der Waals surface area contributed by atoms with Gasteiger partial charge >= 0.3 is 0 Å². The molecule has 1 fully saturated rings. The van der Waals surface area contributed by atoms with Gasteiger partial charge in [0.25, 0.3) is 0 Å². The zero-order valence-corrected chi connectivity index (χ0v) is 12.2. The van der Waals surface area contributed by atoms with Gasteiger partial charge in [0, 0.05) is 4.47 Å². The summed E-state index contributed by atoms with van der Waals surface area (Å²) in [6.45, 7) is 4.67. The fourth-order valence-electron chi connectivity index (χ4n) is 2.58. The van der Waals surface area contributed by atoms with Crippen LogP contribution in [0.15, 0.2) is 28.7 Å². The van der Waals surface area contributed by atoms with Crippen LogP contribution in [0.1, 0.15) is 39.5 Å². The van der Waals surface area contributed by atoms with Crippen molar-refractivity contribution in [2.24, 2.45) is 11.8 Å². The van der Waals surface area contributed by atoms with Gasteiger partial charge in [-0.15, -0.1) is 0 Å². The van der Waals surface area contributed by atoms with Gasteiger partial charge in [-0.05, 0) is 61.8 Å². The average molecular weight is 297 g/mol. The van der Waals surface area contributed by atoms with Crippen LogP contribution in [0.25, 0.3) is 0 Å². The van der Waals surface area contributed by atoms with Crippen LogP contribution < -0.4 is 4.74 Å². The highest BCUT2D eigenvalue weighted by Gasteiger charge is 2.24. The molecule has 0 spiro atoms. The van der Waals surface area contributed by atoms with E-state index in [1.54, 1.807) is 0 Å². The summed E-state index contributed by atoms with van der Waals surface area (Å²) in [6.07, 6.45) is 5.47. The third-order valence-corrected chi connectivity index (χ3v) is 4.31. The second kappa shape index (κ2) is 5.90. The summed E-state index contributed by atoms with van der Waals surface area (Å²) < 4.78 is 7.12. The normalized spacial score (nSPS) is 24.9. The van der Waals surface area contributed by atoms with Gasteiger partial charge in [0.1, 0.15) is 5.75 Å². The highest BCUT2D eigenvalue weighted by molar-refractivity contribution is 9.10. The van der Waals surface area contributed by atoms with E-state index in [1.165, 1.54) is 25.7 Å². The van der Waals surface area contributed by atoms with E-state index in [2.05, 4.69) is 29.8 Å². The minimum absolute atomic E-state index is 0.422. The van der Waals surface area contributed by atoms with Crippen molar-refractivity contribution in [3.8, 4) is 5.75 Å². The topological polar surface area (TPSA) is 9.23 Å². The Morgan fingerprint density at radius 3 is 2.18 bits per heavy atom. The Balaban J connectivity index is 1.84. The monoisotopic (exact) mass is 296 g/mol. The smallest absolute Gasteiger partial charge is 0.119 e. The molecular formula is C15H21BrO. The van der Waals surface area contributed by atoms with Crippen LogP contribution in [0.4, 0.5) is 0 Å². The van der Waals surface area contributed by atoms with Crippen molar-refractivity contribution in [3.63, 3.8) is 0 Å². The van der Waals surface area contributed by atoms with Crippen LogP contribution in [-0.2, 0) is 0 Å². The zero-order valence-electron chi connectivity index (χ0n) is 10.7. The van der Waals surface area contributed by atoms with E-state index in [-0.39, 0.29) is 0 Å². The van der Waals surface area contributed by atoms with Crippen molar-refractivity contribution in [1.82, 2.24) is 0 Å². The minimum Gasteiger partial charge on any atom is -0.490 e. The van der Waals surface area contributed by atoms with Crippen molar-refractivity contribution in [2.75, 3.05) is 0 Å². The van der Waals surface area contributed by atoms with E-state index in [9.17, 15) is 0 Å². The number of hydrogen-bond donors (Lipinski definition) is 0. The second-order valence-electron chi connectivity index (χ2n) is 5.35. The van der Waals surface area contributed by atoms with Crippen LogP contribution in [-0.4, -0.2) is 6.10 Å². The zero-order chi connectivity index (χ0) is 12.3. The first kappa shape index (κ1) is 12.9. The quantitative estimate of drug-likeness (QED) is 0.759. The van der Waals surface area contributed by atoms with E-state index < -0.39 is 0 Å². The maximum atomic E-state index is 6.02. The molecule has 0 radical (unpaired) electrons. The summed E-state index contributed by atoms with van der Waals surface area (Å²) in [5.41, 5.74) is 0. The number of hydrogen-bond acceptors (Lipinski definition) is 1. The second-order valence-corrected chi connectivity index (χ2v) is 6.27. The van der Waals surface area contributed by atoms with E-state index in [0.717, 1.165) is 22.1 Å². The van der Waals surface area contributed by atoms with Gasteiger partial charge in [0.2, 0.25) is 0 Å². The first-order valence-electron chi connectivity index (χ1n) is 6.57. The Kier molecular flexibility index (Phi) is 4.49. The van der Waals surface area contributed by atoms with E-state index in [4.69, 9.17) is 4.74 Å². The third-order valence-electron chi connectivity index (χ3n) is 3.78. The minimum atomic E-state index is 0.422. The molecule has 2 rings (SSSR count). The summed E-state index contributed by atoms with van der Waals surface area (Å²) in [7, 11) is 0. The molecule has 0 aromatic heterocycles. The van der Waals surface area contributed by atoms with Crippen LogP contribution in [0, 0.1) is 11.8 Å². The lowest BCUT2D eigenvalue weighted by Gasteiger charge is -2.31. The SMILES string of the molecule is CC(C)C1CCC(Oc2ccc(Br)cc2)CC1. The highest BCUT2D eigenvalue weighted by atomic mass is 79.9. The lowest BCUT2D eigenvalue weighted by atomic mass is 9.80. The third kappa shape index (κ3) is 3.74. The molecule has 1 aromatic carbocycles. The predicted octanol–water partition coefficient (Wildman–Crippen LogP) is 5.04. The van der Waals surface area contributed by atoms with Crippen molar-refractivity contribution in [1.29, 1.82) is 0 Å². The molecule has 0 heterocycles. The number of halogens is 1. The maximum absolute atomic E-state index is 6.02. The van der Waals surface area contributed by atoms with E-state index in [0.29, 0.717) is 6.10 Å². The molecule has 1 aliphatic rings. The molecule has 2 heteroatoms. The van der Waals surface area contributed by atoms with Crippen molar-refractivity contribution in [3.05, 3.63) is 28.7 Å². The standard InChI is InChI=1S/C15H21BrO/c1-11(2)12-3-7-14(8-4-12)17-15-9-5-13(16)6-10-15/h5-6,9-12,14H,3-4,7-8H2,1-2H3. The van der Waals surface area contributed by atoms with Gasteiger partial charge < -0.3 is 4.74 Å². The fraction of sp³-hybridized carbons (Fsp3) is 0.600. The molecule has 0 unspecified atom stereocenters. The fourth-order valence-corrected chi connectivity index (χ4v) is 2.84. The molecular weight excluding hydrogens is 276 g/mol. The van der Waals surface area contributed by atoms with Gasteiger partial charge in [-0.3, -0.25) is 0 Å². The van der Waals surface area contributed by atoms with Crippen molar-refractivity contribution >= 4 is 15.9 Å². The average Bonchev–Trinajstić information content (AvgIpc) is 2.33. The Hall–Kier alpha value is -0.500. The van der Waals surface area contributed by atoms with Gasteiger partial charge in [-0.25, -0.2) is 0 Å². The number of rotatable bonds is 3. The molecule has 17 heavy (non-hydrogen) atoms. The van der Waals surface area contributed by atoms with Gasteiger partial charge in [0.05, 0.1) is 6.10 Å². The Bertz CT molecular complexity index is 336. The first-order valence-corrected chi connectivity index (χ1v) is 7.36. The molecule has 94 valence electrons. The molecule has 0 aliphatic heterocycles. The summed E-state index contributed by atoms with van der Waals surface area (Å²) in [4.78, 5) is 0. The molecule has 0 saturated heterocycles. The molecule has 1 aliphatic carbocycles. The van der Waals surface area contributed by atoms with Crippen molar-refractivity contribution < 1.29 is 4.74 Å². The largest absolute Gasteiger partial charge is 0.490 e. The summed E-state index contributed by atoms with van der Waals surface area (Å²) in [5.74, 6) is 2.73. The van der Waals surface area contributed by atoms with E-state index >= 15 is 0 Å². The van der Waals surface area contributed by atoms with Gasteiger partial charge in [-0.1, -0.05) is 29.8 Å². The molecule has 1 aromatic rings. The lowest BCUT2D eigenvalue weighted by Crippen LogP contribution is -2.26. The maximum Gasteiger partial charge on any atom is 0.119 e. The molecule has 1 nitrogen and oxygen atoms in total. The molecule has 0 N–H and O–H groups in total. The summed E-state index contributed by atoms with van der Waals surface area (Å²) in [5, 5.41) is 0. The lowest BCUT2D eigenvalue weighted by molar-refractivity contribution is 0.117.